The zero-order valence-electron chi connectivity index (χ0n) is 11.2. The van der Waals surface area contributed by atoms with Gasteiger partial charge in [0.1, 0.15) is 5.69 Å². The summed E-state index contributed by atoms with van der Waals surface area (Å²) in [5.74, 6) is 0. The molecule has 0 N–H and O–H groups in total. The van der Waals surface area contributed by atoms with Crippen LogP contribution in [0.3, 0.4) is 0 Å². The first-order valence-corrected chi connectivity index (χ1v) is 7.11. The molecule has 0 atom stereocenters. The number of benzene rings is 1. The first-order chi connectivity index (χ1) is 10.1. The molecule has 104 valence electrons. The molecule has 3 aromatic rings. The van der Waals surface area contributed by atoms with Crippen molar-refractivity contribution in [2.75, 3.05) is 0 Å². The summed E-state index contributed by atoms with van der Waals surface area (Å²) in [5, 5.41) is 3.96. The second-order valence-electron chi connectivity index (χ2n) is 4.40. The van der Waals surface area contributed by atoms with Gasteiger partial charge in [-0.05, 0) is 18.6 Å². The predicted octanol–water partition coefficient (Wildman–Crippen LogP) is 1.03. The van der Waals surface area contributed by atoms with Gasteiger partial charge in [-0.15, -0.1) is 0 Å². The highest BCUT2D eigenvalue weighted by Crippen LogP contribution is 2.01. The Balaban J connectivity index is 2.07. The maximum absolute atomic E-state index is 12.1. The molecule has 0 radical (unpaired) electrons. The third-order valence-electron chi connectivity index (χ3n) is 2.88. The first kappa shape index (κ1) is 13.4. The van der Waals surface area contributed by atoms with E-state index in [1.165, 1.54) is 11.4 Å². The number of aromatic nitrogens is 3. The van der Waals surface area contributed by atoms with E-state index in [9.17, 15) is 9.59 Å². The highest BCUT2D eigenvalue weighted by atomic mass is 32.1. The molecule has 0 bridgehead atoms. The van der Waals surface area contributed by atoms with E-state index in [0.717, 1.165) is 16.9 Å². The van der Waals surface area contributed by atoms with Crippen LogP contribution in [0, 0.1) is 6.92 Å². The quantitative estimate of drug-likeness (QED) is 0.709. The summed E-state index contributed by atoms with van der Waals surface area (Å²) >= 11 is 1.15. The van der Waals surface area contributed by atoms with Crippen LogP contribution in [0.15, 0.2) is 46.0 Å². The van der Waals surface area contributed by atoms with Gasteiger partial charge in [0.2, 0.25) is 4.96 Å². The fourth-order valence-electron chi connectivity index (χ4n) is 1.81. The molecule has 6 heteroatoms. The Bertz CT molecular complexity index is 987. The van der Waals surface area contributed by atoms with Gasteiger partial charge in [-0.1, -0.05) is 53.8 Å². The van der Waals surface area contributed by atoms with Crippen LogP contribution < -0.4 is 15.7 Å². The van der Waals surface area contributed by atoms with Crippen LogP contribution in [0.1, 0.15) is 11.3 Å². The van der Waals surface area contributed by atoms with Crippen LogP contribution in [0.2, 0.25) is 0 Å². The van der Waals surface area contributed by atoms with Crippen molar-refractivity contribution in [3.63, 3.8) is 0 Å². The Hall–Kier alpha value is -2.60. The fourth-order valence-corrected chi connectivity index (χ4v) is 2.67. The first-order valence-electron chi connectivity index (χ1n) is 6.29. The summed E-state index contributed by atoms with van der Waals surface area (Å²) < 4.78 is 1.66. The number of nitrogens with zero attached hydrogens (tertiary/aromatic N) is 3. The number of thiazole rings is 1. The summed E-state index contributed by atoms with van der Waals surface area (Å²) in [7, 11) is 0. The Kier molecular flexibility index (Phi) is 3.45. The molecule has 2 aromatic heterocycles. The second-order valence-corrected chi connectivity index (χ2v) is 5.41. The molecule has 0 aliphatic heterocycles. The van der Waals surface area contributed by atoms with Crippen molar-refractivity contribution >= 4 is 28.4 Å². The molecule has 0 saturated heterocycles. The minimum absolute atomic E-state index is 0.216. The third-order valence-corrected chi connectivity index (χ3v) is 3.86. The summed E-state index contributed by atoms with van der Waals surface area (Å²) in [6, 6.07) is 9.77. The smallest absolute Gasteiger partial charge is 0.266 e. The molecule has 21 heavy (non-hydrogen) atoms. The van der Waals surface area contributed by atoms with Crippen molar-refractivity contribution in [1.82, 2.24) is 14.6 Å². The van der Waals surface area contributed by atoms with E-state index < -0.39 is 5.56 Å². The topological polar surface area (TPSA) is 64.3 Å². The zero-order valence-corrected chi connectivity index (χ0v) is 12.0. The van der Waals surface area contributed by atoms with Gasteiger partial charge in [0, 0.05) is 0 Å². The van der Waals surface area contributed by atoms with E-state index in [-0.39, 0.29) is 11.3 Å². The molecule has 0 saturated carbocycles. The standard InChI is InChI=1S/C15H11N3O2S/c1-10-13(19)16-15-18(17-10)14(20)12(21-15)9-5-8-11-6-3-2-4-7-11/h2-9H,1H3/b8-5+,12-9-. The molecule has 0 spiro atoms. The molecule has 0 fully saturated rings. The van der Waals surface area contributed by atoms with E-state index in [2.05, 4.69) is 10.1 Å². The molecule has 0 aliphatic rings. The van der Waals surface area contributed by atoms with Gasteiger partial charge in [0.25, 0.3) is 11.1 Å². The summed E-state index contributed by atoms with van der Waals surface area (Å²) in [6.45, 7) is 1.54. The highest BCUT2D eigenvalue weighted by molar-refractivity contribution is 7.15. The SMILES string of the molecule is Cc1nn2c(=O)/c(=C/C=C/c3ccccc3)sc2nc1=O. The minimum atomic E-state index is -0.400. The largest absolute Gasteiger partial charge is 0.295 e. The van der Waals surface area contributed by atoms with E-state index in [4.69, 9.17) is 0 Å². The van der Waals surface area contributed by atoms with Gasteiger partial charge in [-0.25, -0.2) is 0 Å². The lowest BCUT2D eigenvalue weighted by Gasteiger charge is -1.89. The second kappa shape index (κ2) is 5.41. The Labute approximate surface area is 123 Å². The number of rotatable bonds is 2. The monoisotopic (exact) mass is 297 g/mol. The van der Waals surface area contributed by atoms with Crippen LogP contribution >= 0.6 is 11.3 Å². The molecule has 0 unspecified atom stereocenters. The van der Waals surface area contributed by atoms with Gasteiger partial charge in [-0.3, -0.25) is 9.59 Å². The maximum Gasteiger partial charge on any atom is 0.295 e. The third kappa shape index (κ3) is 2.66. The van der Waals surface area contributed by atoms with E-state index in [0.29, 0.717) is 9.49 Å². The predicted molar refractivity (Wildman–Crippen MR) is 83.3 cm³/mol. The lowest BCUT2D eigenvalue weighted by atomic mass is 10.2. The van der Waals surface area contributed by atoms with Gasteiger partial charge in [-0.2, -0.15) is 14.6 Å². The number of hydrogen-bond acceptors (Lipinski definition) is 5. The number of aryl methyl sites for hydroxylation is 1. The van der Waals surface area contributed by atoms with Crippen molar-refractivity contribution < 1.29 is 0 Å². The van der Waals surface area contributed by atoms with Crippen molar-refractivity contribution in [3.05, 3.63) is 72.9 Å². The van der Waals surface area contributed by atoms with Crippen LogP contribution in [0.4, 0.5) is 0 Å². The zero-order chi connectivity index (χ0) is 14.8. The van der Waals surface area contributed by atoms with Gasteiger partial charge in [0.05, 0.1) is 4.53 Å². The highest BCUT2D eigenvalue weighted by Gasteiger charge is 2.07. The van der Waals surface area contributed by atoms with E-state index >= 15 is 0 Å². The summed E-state index contributed by atoms with van der Waals surface area (Å²) in [4.78, 5) is 27.7. The lowest BCUT2D eigenvalue weighted by molar-refractivity contribution is 0.833. The van der Waals surface area contributed by atoms with E-state index in [1.807, 2.05) is 36.4 Å². The molecule has 2 heterocycles. The summed E-state index contributed by atoms with van der Waals surface area (Å²) in [5.41, 5.74) is 0.601. The normalized spacial score (nSPS) is 12.5. The van der Waals surface area contributed by atoms with Crippen LogP contribution in [0.5, 0.6) is 0 Å². The Morgan fingerprint density at radius 2 is 1.95 bits per heavy atom. The fraction of sp³-hybridized carbons (Fsp3) is 0.0667. The van der Waals surface area contributed by atoms with Crippen molar-refractivity contribution in [2.45, 2.75) is 6.92 Å². The van der Waals surface area contributed by atoms with Crippen LogP contribution in [-0.4, -0.2) is 14.6 Å². The molecule has 0 amide bonds. The Morgan fingerprint density at radius 3 is 2.71 bits per heavy atom. The molecule has 0 aliphatic carbocycles. The Morgan fingerprint density at radius 1 is 1.19 bits per heavy atom. The van der Waals surface area contributed by atoms with Gasteiger partial charge >= 0.3 is 0 Å². The molecule has 5 nitrogen and oxygen atoms in total. The molecule has 1 aromatic carbocycles. The molecular formula is C15H11N3O2S. The average molecular weight is 297 g/mol. The number of allylic oxidation sites excluding steroid dienone is 1. The number of hydrogen-bond donors (Lipinski definition) is 0. The van der Waals surface area contributed by atoms with E-state index in [1.54, 1.807) is 12.2 Å². The van der Waals surface area contributed by atoms with Gasteiger partial charge < -0.3 is 0 Å². The van der Waals surface area contributed by atoms with Crippen LogP contribution in [0.25, 0.3) is 17.1 Å². The van der Waals surface area contributed by atoms with Crippen molar-refractivity contribution in [2.24, 2.45) is 0 Å². The van der Waals surface area contributed by atoms with Crippen molar-refractivity contribution in [1.29, 1.82) is 0 Å². The summed E-state index contributed by atoms with van der Waals surface area (Å²) in [6.07, 6.45) is 5.41. The maximum atomic E-state index is 12.1. The molecular weight excluding hydrogens is 286 g/mol. The van der Waals surface area contributed by atoms with Crippen molar-refractivity contribution in [3.8, 4) is 0 Å². The molecule has 3 rings (SSSR count). The van der Waals surface area contributed by atoms with Crippen LogP contribution in [-0.2, 0) is 0 Å². The number of fused-ring (bicyclic) bond motifs is 1. The lowest BCUT2D eigenvalue weighted by Crippen LogP contribution is -2.26. The van der Waals surface area contributed by atoms with Gasteiger partial charge in [0.15, 0.2) is 0 Å². The average Bonchev–Trinajstić information content (AvgIpc) is 2.77. The minimum Gasteiger partial charge on any atom is -0.266 e.